The van der Waals surface area contributed by atoms with Gasteiger partial charge >= 0.3 is 6.11 Å². The van der Waals surface area contributed by atoms with Crippen molar-refractivity contribution in [2.75, 3.05) is 0 Å². The second-order valence-electron chi connectivity index (χ2n) is 9.64. The van der Waals surface area contributed by atoms with E-state index in [-0.39, 0.29) is 0 Å². The molecule has 3 rings (SSSR count). The molecule has 0 spiro atoms. The highest BCUT2D eigenvalue weighted by atomic mass is 19.3. The van der Waals surface area contributed by atoms with Gasteiger partial charge in [-0.25, -0.2) is 13.2 Å². The minimum absolute atomic E-state index is 0.405. The van der Waals surface area contributed by atoms with Crippen LogP contribution in [-0.4, -0.2) is 0 Å². The Morgan fingerprint density at radius 1 is 0.794 bits per heavy atom. The first-order valence-electron chi connectivity index (χ1n) is 12.6. The molecule has 0 N–H and O–H groups in total. The normalized spacial score (nSPS) is 18.8. The molecule has 0 radical (unpaired) electrons. The van der Waals surface area contributed by atoms with Gasteiger partial charge in [-0.3, -0.25) is 0 Å². The van der Waals surface area contributed by atoms with Crippen molar-refractivity contribution in [1.82, 2.24) is 0 Å². The minimum Gasteiger partial charge on any atom is -0.429 e. The Bertz CT molecular complexity index is 865. The van der Waals surface area contributed by atoms with E-state index < -0.39 is 34.9 Å². The molecule has 1 fully saturated rings. The van der Waals surface area contributed by atoms with E-state index in [1.54, 1.807) is 12.1 Å². The summed E-state index contributed by atoms with van der Waals surface area (Å²) in [7, 11) is 0. The maximum Gasteiger partial charge on any atom is 0.426 e. The number of halogens is 5. The van der Waals surface area contributed by atoms with Crippen molar-refractivity contribution in [2.45, 2.75) is 90.1 Å². The molecule has 0 unspecified atom stereocenters. The Balaban J connectivity index is 1.43. The molecule has 0 atom stereocenters. The van der Waals surface area contributed by atoms with Crippen LogP contribution < -0.4 is 4.74 Å². The van der Waals surface area contributed by atoms with Gasteiger partial charge in [-0.05, 0) is 42.4 Å². The first-order chi connectivity index (χ1) is 16.3. The zero-order valence-corrected chi connectivity index (χ0v) is 19.9. The number of hydrogen-bond donors (Lipinski definition) is 0. The van der Waals surface area contributed by atoms with Gasteiger partial charge in [0.25, 0.3) is 0 Å². The van der Waals surface area contributed by atoms with Crippen molar-refractivity contribution in [3.8, 4) is 5.75 Å². The van der Waals surface area contributed by atoms with Gasteiger partial charge in [0.15, 0.2) is 17.5 Å². The summed E-state index contributed by atoms with van der Waals surface area (Å²) in [6, 6.07) is 6.62. The largest absolute Gasteiger partial charge is 0.429 e. The Morgan fingerprint density at radius 2 is 1.35 bits per heavy atom. The molecule has 0 aromatic heterocycles. The third kappa shape index (κ3) is 7.71. The van der Waals surface area contributed by atoms with Crippen LogP contribution in [0.1, 0.15) is 88.7 Å². The van der Waals surface area contributed by atoms with Crippen molar-refractivity contribution >= 4 is 0 Å². The SMILES string of the molecule is CCCCCCC[C@H]1CC[C@H](CCc2ccc(C(F)(F)Oc3cc(F)c(F)c(F)c3)cc2)CC1. The molecule has 2 aromatic rings. The van der Waals surface area contributed by atoms with E-state index in [2.05, 4.69) is 11.7 Å². The molecular weight excluding hydrogens is 447 g/mol. The standard InChI is InChI=1S/C28H35F5O/c1-2-3-4-5-6-7-20-8-10-21(11-9-20)12-13-22-14-16-23(17-15-22)28(32,33)34-24-18-25(29)27(31)26(30)19-24/h14-21H,2-13H2,1H3/t20-,21-. The van der Waals surface area contributed by atoms with Gasteiger partial charge in [-0.1, -0.05) is 83.3 Å². The van der Waals surface area contributed by atoms with E-state index in [4.69, 9.17) is 0 Å². The monoisotopic (exact) mass is 482 g/mol. The van der Waals surface area contributed by atoms with Crippen LogP contribution in [0.15, 0.2) is 36.4 Å². The Kier molecular flexibility index (Phi) is 9.78. The number of aryl methyl sites for hydroxylation is 1. The Labute approximate surface area is 199 Å². The Morgan fingerprint density at radius 3 is 1.94 bits per heavy atom. The van der Waals surface area contributed by atoms with Crippen molar-refractivity contribution in [3.63, 3.8) is 0 Å². The molecule has 2 aromatic carbocycles. The van der Waals surface area contributed by atoms with Gasteiger partial charge in [0, 0.05) is 12.1 Å². The lowest BCUT2D eigenvalue weighted by Gasteiger charge is -2.28. The molecule has 0 bridgehead atoms. The average molecular weight is 483 g/mol. The third-order valence-corrected chi connectivity index (χ3v) is 7.02. The van der Waals surface area contributed by atoms with Crippen molar-refractivity contribution in [3.05, 3.63) is 65.0 Å². The highest BCUT2D eigenvalue weighted by Gasteiger charge is 2.35. The molecule has 1 aliphatic rings. The maximum absolute atomic E-state index is 14.4. The molecule has 0 amide bonds. The molecular formula is C28H35F5O. The molecule has 188 valence electrons. The summed E-state index contributed by atoms with van der Waals surface area (Å²) in [4.78, 5) is 0. The maximum atomic E-state index is 14.4. The van der Waals surface area contributed by atoms with Gasteiger partial charge in [0.2, 0.25) is 0 Å². The summed E-state index contributed by atoms with van der Waals surface area (Å²) in [6.07, 6.45) is 11.2. The lowest BCUT2D eigenvalue weighted by atomic mass is 9.77. The number of hydrogen-bond acceptors (Lipinski definition) is 1. The first-order valence-corrected chi connectivity index (χ1v) is 12.6. The molecule has 0 saturated heterocycles. The van der Waals surface area contributed by atoms with Crippen LogP contribution in [0.25, 0.3) is 0 Å². The van der Waals surface area contributed by atoms with Crippen molar-refractivity contribution in [1.29, 1.82) is 0 Å². The lowest BCUT2D eigenvalue weighted by molar-refractivity contribution is -0.185. The average Bonchev–Trinajstić information content (AvgIpc) is 2.82. The molecule has 34 heavy (non-hydrogen) atoms. The summed E-state index contributed by atoms with van der Waals surface area (Å²) in [5.74, 6) is -4.12. The zero-order valence-electron chi connectivity index (χ0n) is 19.9. The molecule has 1 saturated carbocycles. The summed E-state index contributed by atoms with van der Waals surface area (Å²) < 4.78 is 73.0. The van der Waals surface area contributed by atoms with Crippen LogP contribution in [0, 0.1) is 29.3 Å². The Hall–Kier alpha value is -2.11. The summed E-state index contributed by atoms with van der Waals surface area (Å²) in [5.41, 5.74) is 0.539. The second-order valence-corrected chi connectivity index (χ2v) is 9.64. The predicted octanol–water partition coefficient (Wildman–Crippen LogP) is 9.33. The van der Waals surface area contributed by atoms with E-state index in [9.17, 15) is 22.0 Å². The number of benzene rings is 2. The smallest absolute Gasteiger partial charge is 0.426 e. The quantitative estimate of drug-likeness (QED) is 0.166. The molecule has 1 aliphatic carbocycles. The van der Waals surface area contributed by atoms with Crippen LogP contribution in [-0.2, 0) is 12.5 Å². The third-order valence-electron chi connectivity index (χ3n) is 7.02. The molecule has 0 heterocycles. The van der Waals surface area contributed by atoms with Crippen LogP contribution in [0.3, 0.4) is 0 Å². The summed E-state index contributed by atoms with van der Waals surface area (Å²) in [6.45, 7) is 2.24. The second kappa shape index (κ2) is 12.6. The van der Waals surface area contributed by atoms with Gasteiger partial charge < -0.3 is 4.74 Å². The first kappa shape index (κ1) is 26.5. The van der Waals surface area contributed by atoms with Crippen molar-refractivity contribution in [2.24, 2.45) is 11.8 Å². The minimum atomic E-state index is -3.80. The molecule has 0 aliphatic heterocycles. The van der Waals surface area contributed by atoms with E-state index in [1.165, 1.54) is 76.3 Å². The highest BCUT2D eigenvalue weighted by molar-refractivity contribution is 5.29. The number of alkyl halides is 2. The lowest BCUT2D eigenvalue weighted by Crippen LogP contribution is -2.22. The number of unbranched alkanes of at least 4 members (excludes halogenated alkanes) is 4. The number of ether oxygens (including phenoxy) is 1. The van der Waals surface area contributed by atoms with Crippen molar-refractivity contribution < 1.29 is 26.7 Å². The van der Waals surface area contributed by atoms with Crippen LogP contribution >= 0.6 is 0 Å². The molecule has 6 heteroatoms. The van der Waals surface area contributed by atoms with E-state index in [0.29, 0.717) is 18.1 Å². The summed E-state index contributed by atoms with van der Waals surface area (Å²) >= 11 is 0. The van der Waals surface area contributed by atoms with Gasteiger partial charge in [-0.2, -0.15) is 8.78 Å². The van der Waals surface area contributed by atoms with Gasteiger partial charge in [-0.15, -0.1) is 0 Å². The van der Waals surface area contributed by atoms with Gasteiger partial charge in [0.1, 0.15) is 5.75 Å². The predicted molar refractivity (Wildman–Crippen MR) is 124 cm³/mol. The fourth-order valence-corrected chi connectivity index (χ4v) is 4.88. The zero-order chi connectivity index (χ0) is 24.6. The van der Waals surface area contributed by atoms with E-state index in [1.807, 2.05) is 0 Å². The topological polar surface area (TPSA) is 9.23 Å². The fourth-order valence-electron chi connectivity index (χ4n) is 4.88. The summed E-state index contributed by atoms with van der Waals surface area (Å²) in [5, 5.41) is 0. The highest BCUT2D eigenvalue weighted by Crippen LogP contribution is 2.35. The van der Waals surface area contributed by atoms with E-state index >= 15 is 0 Å². The van der Waals surface area contributed by atoms with E-state index in [0.717, 1.165) is 24.3 Å². The van der Waals surface area contributed by atoms with Crippen LogP contribution in [0.4, 0.5) is 22.0 Å². The van der Waals surface area contributed by atoms with Gasteiger partial charge in [0.05, 0.1) is 5.56 Å². The van der Waals surface area contributed by atoms with Crippen LogP contribution in [0.2, 0.25) is 0 Å². The molecule has 1 nitrogen and oxygen atoms in total. The van der Waals surface area contributed by atoms with Crippen LogP contribution in [0.5, 0.6) is 5.75 Å². The fraction of sp³-hybridized carbons (Fsp3) is 0.571. The number of rotatable bonds is 12.